The van der Waals surface area contributed by atoms with Crippen LogP contribution in [0, 0.1) is 17.8 Å². The molecule has 2 aliphatic rings. The molecule has 0 unspecified atom stereocenters. The summed E-state index contributed by atoms with van der Waals surface area (Å²) in [5.41, 5.74) is 0.865. The van der Waals surface area contributed by atoms with Gasteiger partial charge in [-0.2, -0.15) is 4.98 Å². The number of nitrogens with zero attached hydrogens (tertiary/aromatic N) is 2. The highest BCUT2D eigenvalue weighted by molar-refractivity contribution is 5.59. The van der Waals surface area contributed by atoms with Crippen LogP contribution in [0.5, 0.6) is 11.5 Å². The van der Waals surface area contributed by atoms with Gasteiger partial charge in [-0.1, -0.05) is 37.8 Å². The molecule has 0 atom stereocenters. The molecule has 5 heteroatoms. The molecule has 1 aromatic heterocycles. The van der Waals surface area contributed by atoms with Gasteiger partial charge in [0.25, 0.3) is 5.89 Å². The molecule has 0 saturated heterocycles. The molecule has 2 aromatic rings. The van der Waals surface area contributed by atoms with E-state index in [1.165, 1.54) is 64.2 Å². The second kappa shape index (κ2) is 9.84. The highest BCUT2D eigenvalue weighted by Gasteiger charge is 2.32. The second-order valence-electron chi connectivity index (χ2n) is 9.21. The second-order valence-corrected chi connectivity index (χ2v) is 9.21. The Balaban J connectivity index is 1.33. The average Bonchev–Trinajstić information content (AvgIpc) is 3.30. The van der Waals surface area contributed by atoms with Crippen molar-refractivity contribution >= 4 is 0 Å². The predicted octanol–water partition coefficient (Wildman–Crippen LogP) is 6.63. The Labute approximate surface area is 180 Å². The molecule has 0 bridgehead atoms. The van der Waals surface area contributed by atoms with E-state index in [9.17, 15) is 0 Å². The van der Waals surface area contributed by atoms with E-state index < -0.39 is 0 Å². The monoisotopic (exact) mass is 412 g/mol. The molecule has 1 aromatic carbocycles. The lowest BCUT2D eigenvalue weighted by Gasteiger charge is -2.37. The van der Waals surface area contributed by atoms with Crippen molar-refractivity contribution in [2.24, 2.45) is 17.8 Å². The van der Waals surface area contributed by atoms with Gasteiger partial charge in [0.15, 0.2) is 17.3 Å². The van der Waals surface area contributed by atoms with Crippen LogP contribution in [0.3, 0.4) is 0 Å². The smallest absolute Gasteiger partial charge is 0.258 e. The summed E-state index contributed by atoms with van der Waals surface area (Å²) >= 11 is 0. The lowest BCUT2D eigenvalue weighted by molar-refractivity contribution is 0.155. The highest BCUT2D eigenvalue weighted by atomic mass is 16.5. The first-order valence-electron chi connectivity index (χ1n) is 11.8. The van der Waals surface area contributed by atoms with Crippen LogP contribution in [0.15, 0.2) is 22.7 Å². The molecular weight excluding hydrogens is 376 g/mol. The van der Waals surface area contributed by atoms with E-state index in [2.05, 4.69) is 12.1 Å². The van der Waals surface area contributed by atoms with Crippen LogP contribution in [0.2, 0.25) is 0 Å². The minimum atomic E-state index is 0.426. The van der Waals surface area contributed by atoms with E-state index >= 15 is 0 Å². The summed E-state index contributed by atoms with van der Waals surface area (Å²) in [5.74, 6) is 6.07. The van der Waals surface area contributed by atoms with Gasteiger partial charge in [-0.15, -0.1) is 0 Å². The molecule has 4 rings (SSSR count). The first-order chi connectivity index (χ1) is 14.7. The van der Waals surface area contributed by atoms with Gasteiger partial charge >= 0.3 is 0 Å². The molecule has 30 heavy (non-hydrogen) atoms. The summed E-state index contributed by atoms with van der Waals surface area (Å²) in [5, 5.41) is 4.32. The topological polar surface area (TPSA) is 57.4 Å². The number of hydrogen-bond donors (Lipinski definition) is 0. The first-order valence-corrected chi connectivity index (χ1v) is 11.8. The van der Waals surface area contributed by atoms with Crippen molar-refractivity contribution in [3.05, 3.63) is 24.0 Å². The quantitative estimate of drug-likeness (QED) is 0.510. The zero-order valence-electron chi connectivity index (χ0n) is 18.7. The molecule has 0 N–H and O–H groups in total. The average molecular weight is 413 g/mol. The Morgan fingerprint density at radius 2 is 1.57 bits per heavy atom. The summed E-state index contributed by atoms with van der Waals surface area (Å²) in [6.07, 6.45) is 13.6. The van der Waals surface area contributed by atoms with Crippen molar-refractivity contribution in [1.82, 2.24) is 10.1 Å². The van der Waals surface area contributed by atoms with Crippen molar-refractivity contribution in [2.45, 2.75) is 77.0 Å². The fraction of sp³-hybridized carbons (Fsp3) is 0.680. The maximum Gasteiger partial charge on any atom is 0.258 e. The summed E-state index contributed by atoms with van der Waals surface area (Å²) in [6, 6.07) is 5.70. The van der Waals surface area contributed by atoms with Gasteiger partial charge in [-0.05, 0) is 74.5 Å². The molecule has 0 aliphatic heterocycles. The van der Waals surface area contributed by atoms with E-state index in [0.717, 1.165) is 29.1 Å². The number of methoxy groups -OCH3 is 2. The van der Waals surface area contributed by atoms with Gasteiger partial charge in [-0.25, -0.2) is 0 Å². The molecule has 164 valence electrons. The summed E-state index contributed by atoms with van der Waals surface area (Å²) in [7, 11) is 3.27. The predicted molar refractivity (Wildman–Crippen MR) is 118 cm³/mol. The van der Waals surface area contributed by atoms with Crippen LogP contribution in [0.1, 0.15) is 82.9 Å². The zero-order valence-corrected chi connectivity index (χ0v) is 18.7. The third kappa shape index (κ3) is 4.65. The Morgan fingerprint density at radius 1 is 0.900 bits per heavy atom. The van der Waals surface area contributed by atoms with Crippen molar-refractivity contribution in [3.63, 3.8) is 0 Å². The minimum Gasteiger partial charge on any atom is -0.493 e. The molecule has 5 nitrogen and oxygen atoms in total. The Morgan fingerprint density at radius 3 is 2.20 bits per heavy atom. The number of rotatable bonds is 7. The largest absolute Gasteiger partial charge is 0.493 e. The van der Waals surface area contributed by atoms with E-state index in [1.54, 1.807) is 14.2 Å². The number of benzene rings is 1. The maximum atomic E-state index is 5.60. The first kappa shape index (κ1) is 21.2. The van der Waals surface area contributed by atoms with Gasteiger partial charge in [-0.3, -0.25) is 0 Å². The summed E-state index contributed by atoms with van der Waals surface area (Å²) in [4.78, 5) is 4.73. The van der Waals surface area contributed by atoms with Crippen LogP contribution in [0.4, 0.5) is 0 Å². The molecule has 0 radical (unpaired) electrons. The minimum absolute atomic E-state index is 0.426. The van der Waals surface area contributed by atoms with Crippen molar-refractivity contribution in [2.75, 3.05) is 14.2 Å². The number of aromatic nitrogens is 2. The van der Waals surface area contributed by atoms with Crippen LogP contribution >= 0.6 is 0 Å². The molecular formula is C25H36N2O3. The molecule has 0 amide bonds. The van der Waals surface area contributed by atoms with Gasteiger partial charge in [0.05, 0.1) is 14.2 Å². The van der Waals surface area contributed by atoms with Crippen molar-refractivity contribution in [1.29, 1.82) is 0 Å². The van der Waals surface area contributed by atoms with Crippen LogP contribution in [0.25, 0.3) is 11.5 Å². The Kier molecular flexibility index (Phi) is 6.96. The molecule has 0 spiro atoms. The van der Waals surface area contributed by atoms with Gasteiger partial charge in [0.2, 0.25) is 0 Å². The Hall–Kier alpha value is -2.04. The SMILES string of the molecule is CCCC1CCC(C2CCC(c3noc(-c4ccc(OC)c(OC)c4)n3)CC2)CC1. The molecule has 2 saturated carbocycles. The molecule has 2 fully saturated rings. The van der Waals surface area contributed by atoms with E-state index in [-0.39, 0.29) is 0 Å². The van der Waals surface area contributed by atoms with E-state index in [0.29, 0.717) is 23.3 Å². The lowest BCUT2D eigenvalue weighted by atomic mass is 9.68. The van der Waals surface area contributed by atoms with Gasteiger partial charge in [0, 0.05) is 11.5 Å². The third-order valence-electron chi connectivity index (χ3n) is 7.46. The third-order valence-corrected chi connectivity index (χ3v) is 7.46. The van der Waals surface area contributed by atoms with E-state index in [4.69, 9.17) is 19.0 Å². The fourth-order valence-corrected chi connectivity index (χ4v) is 5.69. The van der Waals surface area contributed by atoms with E-state index in [1.807, 2.05) is 18.2 Å². The van der Waals surface area contributed by atoms with Gasteiger partial charge < -0.3 is 14.0 Å². The van der Waals surface area contributed by atoms with Crippen molar-refractivity contribution < 1.29 is 14.0 Å². The Bertz CT molecular complexity index is 802. The normalized spacial score (nSPS) is 27.0. The number of ether oxygens (including phenoxy) is 2. The lowest BCUT2D eigenvalue weighted by Crippen LogP contribution is -2.25. The van der Waals surface area contributed by atoms with Crippen molar-refractivity contribution in [3.8, 4) is 23.0 Å². The molecule has 2 aliphatic carbocycles. The van der Waals surface area contributed by atoms with Crippen LogP contribution in [-0.4, -0.2) is 24.4 Å². The summed E-state index contributed by atoms with van der Waals surface area (Å²) in [6.45, 7) is 2.32. The standard InChI is InChI=1S/C25H36N2O3/c1-4-5-17-6-8-18(9-7-17)19-10-12-20(13-11-19)24-26-25(30-27-24)21-14-15-22(28-2)23(16-21)29-3/h14-20H,4-13H2,1-3H3. The van der Waals surface area contributed by atoms with Crippen LogP contribution in [-0.2, 0) is 0 Å². The summed E-state index contributed by atoms with van der Waals surface area (Å²) < 4.78 is 16.3. The van der Waals surface area contributed by atoms with Gasteiger partial charge in [0.1, 0.15) is 0 Å². The number of hydrogen-bond acceptors (Lipinski definition) is 5. The zero-order chi connectivity index (χ0) is 20.9. The highest BCUT2D eigenvalue weighted by Crippen LogP contribution is 2.44. The molecule has 1 heterocycles. The fourth-order valence-electron chi connectivity index (χ4n) is 5.69. The maximum absolute atomic E-state index is 5.60. The van der Waals surface area contributed by atoms with Crippen LogP contribution < -0.4 is 9.47 Å².